The number of halogens is 5. The highest BCUT2D eigenvalue weighted by Crippen LogP contribution is 2.36. The molecule has 1 unspecified atom stereocenters. The fraction of sp³-hybridized carbons (Fsp3) is 0.600. The molecular weight excluding hydrogens is 289 g/mol. The van der Waals surface area contributed by atoms with Crippen LogP contribution in [0.1, 0.15) is 46.0 Å². The molecule has 0 aromatic heterocycles. The molecule has 0 heterocycles. The Kier molecular flexibility index (Phi) is 4.44. The molecule has 0 radical (unpaired) electrons. The second kappa shape index (κ2) is 5.81. The molecule has 1 aliphatic carbocycles. The number of hydrogen-bond acceptors (Lipinski definition) is 1. The zero-order chi connectivity index (χ0) is 15.8. The van der Waals surface area contributed by atoms with Crippen molar-refractivity contribution in [2.75, 3.05) is 5.32 Å². The smallest absolute Gasteiger partial charge is 0.200 e. The molecule has 1 saturated carbocycles. The van der Waals surface area contributed by atoms with E-state index in [0.717, 1.165) is 19.3 Å². The van der Waals surface area contributed by atoms with Gasteiger partial charge in [0.1, 0.15) is 5.69 Å². The third-order valence-corrected chi connectivity index (χ3v) is 4.13. The first kappa shape index (κ1) is 16.0. The third kappa shape index (κ3) is 3.30. The first-order valence-corrected chi connectivity index (χ1v) is 7.01. The van der Waals surface area contributed by atoms with Gasteiger partial charge in [0.2, 0.25) is 5.82 Å². The van der Waals surface area contributed by atoms with Gasteiger partial charge in [-0.1, -0.05) is 20.3 Å². The molecule has 1 aromatic rings. The van der Waals surface area contributed by atoms with Gasteiger partial charge in [0.15, 0.2) is 23.3 Å². The number of nitrogens with one attached hydrogen (secondary N) is 1. The molecule has 21 heavy (non-hydrogen) atoms. The minimum absolute atomic E-state index is 0.132. The van der Waals surface area contributed by atoms with E-state index < -0.39 is 34.8 Å². The predicted molar refractivity (Wildman–Crippen MR) is 70.5 cm³/mol. The molecule has 1 aliphatic rings. The van der Waals surface area contributed by atoms with E-state index in [2.05, 4.69) is 19.2 Å². The van der Waals surface area contributed by atoms with Gasteiger partial charge in [0, 0.05) is 6.04 Å². The molecule has 1 nitrogen and oxygen atoms in total. The maximum absolute atomic E-state index is 13.6. The van der Waals surface area contributed by atoms with Crippen molar-refractivity contribution in [1.82, 2.24) is 0 Å². The summed E-state index contributed by atoms with van der Waals surface area (Å²) in [4.78, 5) is 0. The Labute approximate surface area is 120 Å². The van der Waals surface area contributed by atoms with Crippen LogP contribution in [0.25, 0.3) is 0 Å². The Morgan fingerprint density at radius 1 is 0.810 bits per heavy atom. The first-order valence-electron chi connectivity index (χ1n) is 7.01. The largest absolute Gasteiger partial charge is 0.377 e. The van der Waals surface area contributed by atoms with Crippen molar-refractivity contribution in [1.29, 1.82) is 0 Å². The Morgan fingerprint density at radius 2 is 1.33 bits per heavy atom. The number of hydrogen-bond donors (Lipinski definition) is 1. The summed E-state index contributed by atoms with van der Waals surface area (Å²) in [6, 6.07) is -0.292. The first-order chi connectivity index (χ1) is 9.73. The van der Waals surface area contributed by atoms with Crippen molar-refractivity contribution in [3.8, 4) is 0 Å². The monoisotopic (exact) mass is 307 g/mol. The highest BCUT2D eigenvalue weighted by molar-refractivity contribution is 5.48. The van der Waals surface area contributed by atoms with E-state index in [4.69, 9.17) is 0 Å². The minimum atomic E-state index is -2.13. The second-order valence-electron chi connectivity index (χ2n) is 6.38. The molecule has 0 aliphatic heterocycles. The minimum Gasteiger partial charge on any atom is -0.377 e. The van der Waals surface area contributed by atoms with E-state index in [9.17, 15) is 22.0 Å². The lowest BCUT2D eigenvalue weighted by atomic mass is 9.85. The lowest BCUT2D eigenvalue weighted by Crippen LogP contribution is -2.22. The van der Waals surface area contributed by atoms with Crippen molar-refractivity contribution in [2.24, 2.45) is 5.41 Å². The van der Waals surface area contributed by atoms with E-state index >= 15 is 0 Å². The number of benzene rings is 1. The van der Waals surface area contributed by atoms with Crippen LogP contribution in [-0.4, -0.2) is 6.04 Å². The van der Waals surface area contributed by atoms with Crippen LogP contribution >= 0.6 is 0 Å². The molecule has 1 atom stereocenters. The number of rotatable bonds is 2. The molecule has 118 valence electrons. The summed E-state index contributed by atoms with van der Waals surface area (Å²) >= 11 is 0. The molecule has 6 heteroatoms. The normalized spacial score (nSPS) is 22.0. The molecular formula is C15H18F5N. The van der Waals surface area contributed by atoms with Crippen LogP contribution in [0, 0.1) is 34.5 Å². The predicted octanol–water partition coefficient (Wildman–Crippen LogP) is 5.15. The van der Waals surface area contributed by atoms with E-state index in [1.54, 1.807) is 0 Å². The quantitative estimate of drug-likeness (QED) is 0.345. The standard InChI is InChI=1S/C15H18F5N/c1-15(2)6-3-4-8(5-7-15)21-14-12(19)10(17)9(16)11(18)13(14)20/h8,21H,3-7H2,1-2H3. The van der Waals surface area contributed by atoms with Gasteiger partial charge >= 0.3 is 0 Å². The summed E-state index contributed by atoms with van der Waals surface area (Å²) in [7, 11) is 0. The third-order valence-electron chi connectivity index (χ3n) is 4.13. The van der Waals surface area contributed by atoms with Crippen molar-refractivity contribution in [2.45, 2.75) is 52.0 Å². The highest BCUT2D eigenvalue weighted by atomic mass is 19.2. The molecule has 0 bridgehead atoms. The second-order valence-corrected chi connectivity index (χ2v) is 6.38. The van der Waals surface area contributed by atoms with Gasteiger partial charge in [-0.05, 0) is 31.1 Å². The molecule has 0 saturated heterocycles. The summed E-state index contributed by atoms with van der Waals surface area (Å²) < 4.78 is 66.6. The maximum Gasteiger partial charge on any atom is 0.200 e. The van der Waals surface area contributed by atoms with Crippen LogP contribution in [-0.2, 0) is 0 Å². The molecule has 0 spiro atoms. The van der Waals surface area contributed by atoms with Gasteiger partial charge in [-0.15, -0.1) is 0 Å². The molecule has 1 aromatic carbocycles. The Morgan fingerprint density at radius 3 is 1.90 bits per heavy atom. The van der Waals surface area contributed by atoms with Gasteiger partial charge in [0.25, 0.3) is 0 Å². The maximum atomic E-state index is 13.6. The average molecular weight is 307 g/mol. The van der Waals surface area contributed by atoms with Crippen molar-refractivity contribution >= 4 is 5.69 Å². The van der Waals surface area contributed by atoms with Crippen LogP contribution < -0.4 is 5.32 Å². The Balaban J connectivity index is 2.24. The number of anilines is 1. The summed E-state index contributed by atoms with van der Waals surface area (Å²) in [5, 5.41) is 2.51. The van der Waals surface area contributed by atoms with Crippen LogP contribution in [0.15, 0.2) is 0 Å². The average Bonchev–Trinajstić information content (AvgIpc) is 2.60. The van der Waals surface area contributed by atoms with Crippen LogP contribution in [0.5, 0.6) is 0 Å². The van der Waals surface area contributed by atoms with E-state index in [0.29, 0.717) is 12.8 Å². The lowest BCUT2D eigenvalue weighted by Gasteiger charge is -2.22. The van der Waals surface area contributed by atoms with Crippen molar-refractivity contribution in [3.63, 3.8) is 0 Å². The summed E-state index contributed by atoms with van der Waals surface area (Å²) in [5.74, 6) is -9.54. The van der Waals surface area contributed by atoms with Crippen molar-refractivity contribution in [3.05, 3.63) is 29.1 Å². The summed E-state index contributed by atoms with van der Waals surface area (Å²) in [6.07, 6.45) is 3.93. The fourth-order valence-electron chi connectivity index (χ4n) is 2.74. The fourth-order valence-corrected chi connectivity index (χ4v) is 2.74. The zero-order valence-corrected chi connectivity index (χ0v) is 12.0. The molecule has 1 fully saturated rings. The van der Waals surface area contributed by atoms with E-state index in [-0.39, 0.29) is 11.5 Å². The molecule has 2 rings (SSSR count). The summed E-state index contributed by atoms with van der Waals surface area (Å²) in [5.41, 5.74) is -0.789. The van der Waals surface area contributed by atoms with Gasteiger partial charge in [-0.2, -0.15) is 0 Å². The van der Waals surface area contributed by atoms with Crippen LogP contribution in [0.2, 0.25) is 0 Å². The Hall–Kier alpha value is -1.33. The van der Waals surface area contributed by atoms with Gasteiger partial charge in [-0.3, -0.25) is 0 Å². The van der Waals surface area contributed by atoms with E-state index in [1.807, 2.05) is 0 Å². The zero-order valence-electron chi connectivity index (χ0n) is 12.0. The van der Waals surface area contributed by atoms with Gasteiger partial charge < -0.3 is 5.32 Å². The van der Waals surface area contributed by atoms with Crippen molar-refractivity contribution < 1.29 is 22.0 Å². The SMILES string of the molecule is CC1(C)CCCC(Nc2c(F)c(F)c(F)c(F)c2F)CC1. The van der Waals surface area contributed by atoms with Gasteiger partial charge in [-0.25, -0.2) is 22.0 Å². The van der Waals surface area contributed by atoms with E-state index in [1.165, 1.54) is 0 Å². The van der Waals surface area contributed by atoms with Crippen LogP contribution in [0.3, 0.4) is 0 Å². The lowest BCUT2D eigenvalue weighted by molar-refractivity contribution is 0.313. The van der Waals surface area contributed by atoms with Gasteiger partial charge in [0.05, 0.1) is 0 Å². The molecule has 0 amide bonds. The van der Waals surface area contributed by atoms with Crippen LogP contribution in [0.4, 0.5) is 27.6 Å². The Bertz CT molecular complexity index is 512. The molecule has 1 N–H and O–H groups in total. The highest BCUT2D eigenvalue weighted by Gasteiger charge is 2.29. The summed E-state index contributed by atoms with van der Waals surface area (Å²) in [6.45, 7) is 4.21. The topological polar surface area (TPSA) is 12.0 Å².